The lowest BCUT2D eigenvalue weighted by Crippen LogP contribution is -2.16. The molecule has 0 spiro atoms. The Morgan fingerprint density at radius 1 is 1.00 bits per heavy atom. The summed E-state index contributed by atoms with van der Waals surface area (Å²) in [5.74, 6) is -0.831. The number of benzene rings is 1. The van der Waals surface area contributed by atoms with Crippen molar-refractivity contribution in [3.05, 3.63) is 76.2 Å². The predicted molar refractivity (Wildman–Crippen MR) is 120 cm³/mol. The minimum absolute atomic E-state index is 0.0838. The second kappa shape index (κ2) is 10.6. The van der Waals surface area contributed by atoms with Crippen LogP contribution in [0.15, 0.2) is 47.5 Å². The summed E-state index contributed by atoms with van der Waals surface area (Å²) in [6.45, 7) is -1.02. The van der Waals surface area contributed by atoms with Gasteiger partial charge in [-0.15, -0.1) is 0 Å². The molecule has 0 fully saturated rings. The van der Waals surface area contributed by atoms with Crippen LogP contribution in [0.1, 0.15) is 43.1 Å². The van der Waals surface area contributed by atoms with Crippen molar-refractivity contribution in [3.63, 3.8) is 0 Å². The molecular formula is C24H23F4N5O. The largest absolute Gasteiger partial charge is 0.310 e. The van der Waals surface area contributed by atoms with Crippen LogP contribution >= 0.6 is 0 Å². The van der Waals surface area contributed by atoms with Gasteiger partial charge in [0.1, 0.15) is 17.0 Å². The van der Waals surface area contributed by atoms with E-state index in [1.54, 1.807) is 10.7 Å². The fourth-order valence-corrected chi connectivity index (χ4v) is 4.05. The van der Waals surface area contributed by atoms with E-state index in [1.807, 2.05) is 0 Å². The molecule has 10 heteroatoms. The van der Waals surface area contributed by atoms with E-state index in [0.29, 0.717) is 35.2 Å². The first-order valence-electron chi connectivity index (χ1n) is 11.0. The number of nitrogens with zero attached hydrogens (tertiary/aromatic N) is 4. The average molecular weight is 473 g/mol. The molecule has 0 bridgehead atoms. The summed E-state index contributed by atoms with van der Waals surface area (Å²) in [4.78, 5) is 23.6. The van der Waals surface area contributed by atoms with Crippen molar-refractivity contribution in [1.82, 2.24) is 24.7 Å². The molecule has 0 radical (unpaired) electrons. The molecule has 0 amide bonds. The smallest absolute Gasteiger partial charge is 0.262 e. The zero-order chi connectivity index (χ0) is 24.1. The normalized spacial score (nSPS) is 11.6. The Balaban J connectivity index is 1.74. The van der Waals surface area contributed by atoms with Gasteiger partial charge in [0, 0.05) is 18.2 Å². The summed E-state index contributed by atoms with van der Waals surface area (Å²) in [5, 5.41) is 4.54. The lowest BCUT2D eigenvalue weighted by molar-refractivity contribution is 0.340. The Labute approximate surface area is 192 Å². The standard InChI is InChI=1S/C24H23F4N5O/c25-9-1-3-18(4-2-10-26)33-23-20(14-30-33)24(34)32-22(31-23)12-16-11-17(27)6-7-19(16)15-5-8-21(28)29-13-15/h5-8,11,13-14,18H,1-4,9-10,12H2,(H,31,32,34). The number of nitrogens with one attached hydrogen (secondary N) is 1. The van der Waals surface area contributed by atoms with Crippen molar-refractivity contribution in [2.24, 2.45) is 0 Å². The van der Waals surface area contributed by atoms with Crippen molar-refractivity contribution < 1.29 is 17.6 Å². The summed E-state index contributed by atoms with van der Waals surface area (Å²) in [6, 6.07) is 6.62. The Morgan fingerprint density at radius 2 is 1.76 bits per heavy atom. The quantitative estimate of drug-likeness (QED) is 0.257. The molecule has 34 heavy (non-hydrogen) atoms. The van der Waals surface area contributed by atoms with E-state index in [1.165, 1.54) is 36.7 Å². The third-order valence-corrected chi connectivity index (χ3v) is 5.66. The minimum Gasteiger partial charge on any atom is -0.310 e. The Morgan fingerprint density at radius 3 is 2.44 bits per heavy atom. The lowest BCUT2D eigenvalue weighted by atomic mass is 9.98. The maximum Gasteiger partial charge on any atom is 0.262 e. The van der Waals surface area contributed by atoms with E-state index in [2.05, 4.69) is 20.1 Å². The molecule has 0 aliphatic rings. The zero-order valence-corrected chi connectivity index (χ0v) is 18.3. The molecule has 0 aliphatic carbocycles. The van der Waals surface area contributed by atoms with Crippen molar-refractivity contribution in [2.45, 2.75) is 38.1 Å². The molecule has 4 rings (SSSR count). The van der Waals surface area contributed by atoms with Gasteiger partial charge in [0.25, 0.3) is 5.56 Å². The van der Waals surface area contributed by atoms with E-state index in [-0.39, 0.29) is 36.5 Å². The highest BCUT2D eigenvalue weighted by molar-refractivity contribution is 5.73. The second-order valence-electron chi connectivity index (χ2n) is 8.00. The number of aromatic amines is 1. The third-order valence-electron chi connectivity index (χ3n) is 5.66. The van der Waals surface area contributed by atoms with Crippen LogP contribution < -0.4 is 5.56 Å². The van der Waals surface area contributed by atoms with Gasteiger partial charge >= 0.3 is 0 Å². The highest BCUT2D eigenvalue weighted by atomic mass is 19.1. The summed E-state index contributed by atoms with van der Waals surface area (Å²) in [6.07, 6.45) is 4.26. The van der Waals surface area contributed by atoms with Gasteiger partial charge < -0.3 is 4.98 Å². The first kappa shape index (κ1) is 23.6. The fraction of sp³-hybridized carbons (Fsp3) is 0.333. The molecule has 178 valence electrons. The van der Waals surface area contributed by atoms with Crippen molar-refractivity contribution in [3.8, 4) is 11.1 Å². The summed E-state index contributed by atoms with van der Waals surface area (Å²) < 4.78 is 54.5. The molecule has 4 aromatic rings. The number of H-pyrrole nitrogens is 1. The number of aromatic nitrogens is 5. The molecule has 0 saturated heterocycles. The minimum atomic E-state index is -0.632. The van der Waals surface area contributed by atoms with Gasteiger partial charge in [-0.05, 0) is 61.1 Å². The first-order chi connectivity index (χ1) is 16.5. The van der Waals surface area contributed by atoms with Gasteiger partial charge in [0.05, 0.1) is 25.6 Å². The highest BCUT2D eigenvalue weighted by Gasteiger charge is 2.19. The van der Waals surface area contributed by atoms with Crippen LogP contribution in [0.5, 0.6) is 0 Å². The SMILES string of the molecule is O=c1[nH]c(Cc2cc(F)ccc2-c2ccc(F)nc2)nc2c1cnn2C(CCCF)CCCF. The average Bonchev–Trinajstić information content (AvgIpc) is 3.24. The maximum absolute atomic E-state index is 14.1. The van der Waals surface area contributed by atoms with Crippen LogP contribution in [0.4, 0.5) is 17.6 Å². The molecule has 1 N–H and O–H groups in total. The fourth-order valence-electron chi connectivity index (χ4n) is 4.05. The number of rotatable bonds is 10. The molecule has 0 atom stereocenters. The molecule has 3 aromatic heterocycles. The Hall–Kier alpha value is -3.56. The predicted octanol–water partition coefficient (Wildman–Crippen LogP) is 5.09. The van der Waals surface area contributed by atoms with E-state index in [4.69, 9.17) is 0 Å². The summed E-state index contributed by atoms with van der Waals surface area (Å²) in [7, 11) is 0. The van der Waals surface area contributed by atoms with E-state index in [9.17, 15) is 22.4 Å². The van der Waals surface area contributed by atoms with Gasteiger partial charge in [0.15, 0.2) is 5.65 Å². The van der Waals surface area contributed by atoms with Crippen LogP contribution in [0, 0.1) is 11.8 Å². The number of pyridine rings is 1. The number of halogens is 4. The monoisotopic (exact) mass is 473 g/mol. The van der Waals surface area contributed by atoms with Crippen molar-refractivity contribution >= 4 is 11.0 Å². The van der Waals surface area contributed by atoms with E-state index >= 15 is 0 Å². The van der Waals surface area contributed by atoms with Gasteiger partial charge in [-0.25, -0.2) is 19.0 Å². The zero-order valence-electron chi connectivity index (χ0n) is 18.3. The number of hydrogen-bond donors (Lipinski definition) is 1. The maximum atomic E-state index is 14.1. The van der Waals surface area contributed by atoms with Crippen LogP contribution in [0.25, 0.3) is 22.2 Å². The number of alkyl halides is 2. The molecular weight excluding hydrogens is 450 g/mol. The summed E-state index contributed by atoms with van der Waals surface area (Å²) in [5.41, 5.74) is 1.62. The van der Waals surface area contributed by atoms with Crippen LogP contribution in [-0.4, -0.2) is 38.1 Å². The molecule has 0 aliphatic heterocycles. The number of hydrogen-bond acceptors (Lipinski definition) is 4. The molecule has 0 unspecified atom stereocenters. The van der Waals surface area contributed by atoms with Crippen LogP contribution in [0.2, 0.25) is 0 Å². The van der Waals surface area contributed by atoms with E-state index in [0.717, 1.165) is 0 Å². The topological polar surface area (TPSA) is 76.5 Å². The van der Waals surface area contributed by atoms with Crippen molar-refractivity contribution in [1.29, 1.82) is 0 Å². The molecule has 3 heterocycles. The van der Waals surface area contributed by atoms with Crippen LogP contribution in [0.3, 0.4) is 0 Å². The van der Waals surface area contributed by atoms with E-state index < -0.39 is 30.7 Å². The molecule has 6 nitrogen and oxygen atoms in total. The Kier molecular flexibility index (Phi) is 7.34. The Bertz CT molecular complexity index is 1310. The van der Waals surface area contributed by atoms with Gasteiger partial charge in [-0.1, -0.05) is 6.07 Å². The lowest BCUT2D eigenvalue weighted by Gasteiger charge is -2.17. The molecule has 1 aromatic carbocycles. The van der Waals surface area contributed by atoms with Gasteiger partial charge in [0.2, 0.25) is 5.95 Å². The number of fused-ring (bicyclic) bond motifs is 1. The second-order valence-corrected chi connectivity index (χ2v) is 8.00. The molecule has 0 saturated carbocycles. The van der Waals surface area contributed by atoms with Gasteiger partial charge in [-0.2, -0.15) is 9.49 Å². The highest BCUT2D eigenvalue weighted by Crippen LogP contribution is 2.27. The van der Waals surface area contributed by atoms with Crippen LogP contribution in [-0.2, 0) is 6.42 Å². The first-order valence-corrected chi connectivity index (χ1v) is 11.0. The van der Waals surface area contributed by atoms with Crippen molar-refractivity contribution in [2.75, 3.05) is 13.3 Å². The third kappa shape index (κ3) is 5.16. The van der Waals surface area contributed by atoms with Gasteiger partial charge in [-0.3, -0.25) is 13.6 Å². The summed E-state index contributed by atoms with van der Waals surface area (Å²) >= 11 is 0.